The molecule has 1 aliphatic carbocycles. The van der Waals surface area contributed by atoms with Gasteiger partial charge in [-0.3, -0.25) is 11.3 Å². The molecule has 15 heavy (non-hydrogen) atoms. The van der Waals surface area contributed by atoms with Gasteiger partial charge < -0.3 is 4.90 Å². The van der Waals surface area contributed by atoms with E-state index in [1.54, 1.807) is 0 Å². The van der Waals surface area contributed by atoms with E-state index in [1.165, 1.54) is 32.1 Å². The quantitative estimate of drug-likeness (QED) is 0.413. The Morgan fingerprint density at radius 1 is 1.40 bits per heavy atom. The average molecular weight is 211 g/mol. The summed E-state index contributed by atoms with van der Waals surface area (Å²) in [6.45, 7) is 3.82. The maximum absolute atomic E-state index is 5.69. The van der Waals surface area contributed by atoms with Gasteiger partial charge >= 0.3 is 0 Å². The second-order valence-corrected chi connectivity index (χ2v) is 4.80. The molecule has 0 spiro atoms. The van der Waals surface area contributed by atoms with E-state index < -0.39 is 0 Å². The molecule has 1 unspecified atom stereocenters. The summed E-state index contributed by atoms with van der Waals surface area (Å²) in [7, 11) is 4.33. The molecule has 3 N–H and O–H groups in total. The third-order valence-corrected chi connectivity index (χ3v) is 3.86. The summed E-state index contributed by atoms with van der Waals surface area (Å²) in [6.07, 6.45) is 9.37. The molecule has 0 aromatic rings. The van der Waals surface area contributed by atoms with Gasteiger partial charge in [-0.15, -0.1) is 6.58 Å². The first-order chi connectivity index (χ1) is 7.17. The number of hydrazine groups is 1. The Labute approximate surface area is 93.7 Å². The van der Waals surface area contributed by atoms with Crippen molar-refractivity contribution in [3.63, 3.8) is 0 Å². The van der Waals surface area contributed by atoms with Gasteiger partial charge in [0.1, 0.15) is 0 Å². The molecule has 0 radical (unpaired) electrons. The second-order valence-electron chi connectivity index (χ2n) is 4.80. The largest absolute Gasteiger partial charge is 0.302 e. The van der Waals surface area contributed by atoms with Gasteiger partial charge in [0.2, 0.25) is 0 Å². The summed E-state index contributed by atoms with van der Waals surface area (Å²) in [4.78, 5) is 2.35. The van der Waals surface area contributed by atoms with Gasteiger partial charge in [0.05, 0.1) is 0 Å². The number of nitrogens with one attached hydrogen (secondary N) is 1. The maximum Gasteiger partial charge on any atom is 0.0428 e. The molecule has 88 valence electrons. The van der Waals surface area contributed by atoms with Gasteiger partial charge in [-0.25, -0.2) is 0 Å². The third kappa shape index (κ3) is 2.60. The van der Waals surface area contributed by atoms with Crippen LogP contribution in [0.3, 0.4) is 0 Å². The summed E-state index contributed by atoms with van der Waals surface area (Å²) in [5, 5.41) is 0. The van der Waals surface area contributed by atoms with Gasteiger partial charge in [-0.1, -0.05) is 25.3 Å². The Hall–Kier alpha value is -0.380. The first-order valence-corrected chi connectivity index (χ1v) is 5.92. The summed E-state index contributed by atoms with van der Waals surface area (Å²) >= 11 is 0. The van der Waals surface area contributed by atoms with Crippen molar-refractivity contribution in [2.24, 2.45) is 5.84 Å². The van der Waals surface area contributed by atoms with Crippen molar-refractivity contribution >= 4 is 0 Å². The van der Waals surface area contributed by atoms with Crippen molar-refractivity contribution in [3.8, 4) is 0 Å². The van der Waals surface area contributed by atoms with E-state index in [4.69, 9.17) is 5.84 Å². The standard InChI is InChI=1S/C12H25N3/c1-4-8-11(14-13)12(15(2)3)9-6-5-7-10-12/h4,11,14H,1,5-10,13H2,2-3H3. The van der Waals surface area contributed by atoms with Gasteiger partial charge in [-0.05, 0) is 33.4 Å². The molecule has 0 aromatic carbocycles. The Morgan fingerprint density at radius 2 is 2.00 bits per heavy atom. The molecule has 0 bridgehead atoms. The molecule has 3 nitrogen and oxygen atoms in total. The molecule has 1 fully saturated rings. The molecule has 1 saturated carbocycles. The monoisotopic (exact) mass is 211 g/mol. The molecule has 3 heteroatoms. The van der Waals surface area contributed by atoms with E-state index in [9.17, 15) is 0 Å². The van der Waals surface area contributed by atoms with Gasteiger partial charge in [0.15, 0.2) is 0 Å². The zero-order valence-corrected chi connectivity index (χ0v) is 10.1. The minimum atomic E-state index is 0.223. The van der Waals surface area contributed by atoms with Crippen LogP contribution in [0.5, 0.6) is 0 Å². The van der Waals surface area contributed by atoms with Crippen molar-refractivity contribution in [1.82, 2.24) is 10.3 Å². The van der Waals surface area contributed by atoms with Gasteiger partial charge in [0, 0.05) is 11.6 Å². The second kappa shape index (κ2) is 5.64. The lowest BCUT2D eigenvalue weighted by Gasteiger charge is -2.48. The highest BCUT2D eigenvalue weighted by Gasteiger charge is 2.40. The Bertz CT molecular complexity index is 195. The fraction of sp³-hybridized carbons (Fsp3) is 0.833. The number of nitrogens with two attached hydrogens (primary N) is 1. The number of likely N-dealkylation sites (N-methyl/N-ethyl adjacent to an activating group) is 1. The highest BCUT2D eigenvalue weighted by molar-refractivity contribution is 5.01. The van der Waals surface area contributed by atoms with Crippen molar-refractivity contribution in [2.75, 3.05) is 14.1 Å². The predicted octanol–water partition coefficient (Wildman–Crippen LogP) is 1.66. The summed E-state index contributed by atoms with van der Waals surface area (Å²) in [6, 6.07) is 0.324. The van der Waals surface area contributed by atoms with E-state index in [0.717, 1.165) is 6.42 Å². The molecule has 0 saturated heterocycles. The minimum Gasteiger partial charge on any atom is -0.302 e. The molecule has 1 rings (SSSR count). The van der Waals surface area contributed by atoms with Crippen LogP contribution in [0.25, 0.3) is 0 Å². The normalized spacial score (nSPS) is 22.7. The van der Waals surface area contributed by atoms with Crippen molar-refractivity contribution in [1.29, 1.82) is 0 Å². The zero-order chi connectivity index (χ0) is 11.3. The molecule has 0 aliphatic heterocycles. The number of nitrogens with zero attached hydrogens (tertiary/aromatic N) is 1. The zero-order valence-electron chi connectivity index (χ0n) is 10.1. The summed E-state index contributed by atoms with van der Waals surface area (Å²) < 4.78 is 0. The highest BCUT2D eigenvalue weighted by Crippen LogP contribution is 2.36. The number of rotatable bonds is 5. The van der Waals surface area contributed by atoms with Gasteiger partial charge in [-0.2, -0.15) is 0 Å². The van der Waals surface area contributed by atoms with Gasteiger partial charge in [0.25, 0.3) is 0 Å². The lowest BCUT2D eigenvalue weighted by molar-refractivity contribution is 0.0579. The SMILES string of the molecule is C=CCC(NN)C1(N(C)C)CCCCC1. The van der Waals surface area contributed by atoms with Crippen LogP contribution < -0.4 is 11.3 Å². The highest BCUT2D eigenvalue weighted by atomic mass is 15.3. The van der Waals surface area contributed by atoms with E-state index >= 15 is 0 Å². The van der Waals surface area contributed by atoms with Crippen LogP contribution in [0.2, 0.25) is 0 Å². The van der Waals surface area contributed by atoms with E-state index in [-0.39, 0.29) is 5.54 Å². The average Bonchev–Trinajstić information content (AvgIpc) is 2.26. The molecule has 0 aromatic heterocycles. The molecule has 0 heterocycles. The lowest BCUT2D eigenvalue weighted by Crippen LogP contribution is -2.61. The topological polar surface area (TPSA) is 41.3 Å². The van der Waals surface area contributed by atoms with Crippen LogP contribution >= 0.6 is 0 Å². The smallest absolute Gasteiger partial charge is 0.0428 e. The van der Waals surface area contributed by atoms with E-state index in [1.807, 2.05) is 6.08 Å². The van der Waals surface area contributed by atoms with Crippen LogP contribution in [0.4, 0.5) is 0 Å². The molecule has 1 atom stereocenters. The summed E-state index contributed by atoms with van der Waals surface area (Å²) in [5.41, 5.74) is 3.21. The van der Waals surface area contributed by atoms with Crippen LogP contribution in [0.15, 0.2) is 12.7 Å². The van der Waals surface area contributed by atoms with Crippen LogP contribution in [0, 0.1) is 0 Å². The van der Waals surface area contributed by atoms with Crippen molar-refractivity contribution in [3.05, 3.63) is 12.7 Å². The van der Waals surface area contributed by atoms with E-state index in [2.05, 4.69) is 31.0 Å². The first-order valence-electron chi connectivity index (χ1n) is 5.92. The molecular weight excluding hydrogens is 186 g/mol. The van der Waals surface area contributed by atoms with E-state index in [0.29, 0.717) is 6.04 Å². The Kier molecular flexibility index (Phi) is 4.77. The minimum absolute atomic E-state index is 0.223. The molecular formula is C12H25N3. The summed E-state index contributed by atoms with van der Waals surface area (Å²) in [5.74, 6) is 5.69. The Balaban J connectivity index is 2.81. The fourth-order valence-electron chi connectivity index (χ4n) is 2.88. The van der Waals surface area contributed by atoms with Crippen molar-refractivity contribution in [2.45, 2.75) is 50.1 Å². The predicted molar refractivity (Wildman–Crippen MR) is 65.4 cm³/mol. The first kappa shape index (κ1) is 12.7. The number of hydrogen-bond acceptors (Lipinski definition) is 3. The number of hydrogen-bond donors (Lipinski definition) is 2. The Morgan fingerprint density at radius 3 is 2.40 bits per heavy atom. The maximum atomic E-state index is 5.69. The van der Waals surface area contributed by atoms with Crippen LogP contribution in [-0.2, 0) is 0 Å². The lowest BCUT2D eigenvalue weighted by atomic mass is 9.74. The fourth-order valence-corrected chi connectivity index (χ4v) is 2.88. The van der Waals surface area contributed by atoms with Crippen LogP contribution in [-0.4, -0.2) is 30.6 Å². The molecule has 0 amide bonds. The molecule has 1 aliphatic rings. The van der Waals surface area contributed by atoms with Crippen molar-refractivity contribution < 1.29 is 0 Å². The van der Waals surface area contributed by atoms with Crippen LogP contribution in [0.1, 0.15) is 38.5 Å². The third-order valence-electron chi connectivity index (χ3n) is 3.86.